The van der Waals surface area contributed by atoms with Crippen LogP contribution in [0.3, 0.4) is 0 Å². The lowest BCUT2D eigenvalue weighted by molar-refractivity contribution is 0.653. The molecule has 0 atom stereocenters. The first-order valence-electron chi connectivity index (χ1n) is 4.43. The van der Waals surface area contributed by atoms with Crippen molar-refractivity contribution in [2.45, 2.75) is 32.7 Å². The maximum absolute atomic E-state index is 4.41. The predicted octanol–water partition coefficient (Wildman–Crippen LogP) is 1.65. The molecule has 0 unspecified atom stereocenters. The fourth-order valence-corrected chi connectivity index (χ4v) is 1.43. The zero-order valence-electron chi connectivity index (χ0n) is 7.38. The number of hydrogen-bond acceptors (Lipinski definition) is 2. The Bertz CT molecular complexity index is 290. The molecular formula is C9H13N3. The lowest BCUT2D eigenvalue weighted by Crippen LogP contribution is -1.95. The Balaban J connectivity index is 2.31. The average molecular weight is 163 g/mol. The molecule has 2 heterocycles. The van der Waals surface area contributed by atoms with Crippen LogP contribution >= 0.6 is 0 Å². The van der Waals surface area contributed by atoms with Gasteiger partial charge in [0.1, 0.15) is 5.82 Å². The normalized spacial score (nSPS) is 14.8. The number of aromatic nitrogens is 3. The van der Waals surface area contributed by atoms with Crippen molar-refractivity contribution >= 4 is 5.57 Å². The number of rotatable bonds is 2. The summed E-state index contributed by atoms with van der Waals surface area (Å²) in [5.41, 5.74) is 1.04. The van der Waals surface area contributed by atoms with Crippen LogP contribution in [0.15, 0.2) is 6.58 Å². The quantitative estimate of drug-likeness (QED) is 0.663. The highest BCUT2D eigenvalue weighted by atomic mass is 15.4. The van der Waals surface area contributed by atoms with Gasteiger partial charge in [-0.05, 0) is 18.4 Å². The number of fused-ring (bicyclic) bond motifs is 1. The lowest BCUT2D eigenvalue weighted by atomic mass is 10.2. The Kier molecular flexibility index (Phi) is 1.71. The van der Waals surface area contributed by atoms with Gasteiger partial charge in [-0.2, -0.15) is 5.10 Å². The topological polar surface area (TPSA) is 30.7 Å². The summed E-state index contributed by atoms with van der Waals surface area (Å²) >= 11 is 0. The summed E-state index contributed by atoms with van der Waals surface area (Å²) in [4.78, 5) is 4.41. The van der Waals surface area contributed by atoms with Gasteiger partial charge in [0.05, 0.1) is 0 Å². The molecule has 0 fully saturated rings. The molecule has 12 heavy (non-hydrogen) atoms. The summed E-state index contributed by atoms with van der Waals surface area (Å²) in [6.45, 7) is 7.02. The van der Waals surface area contributed by atoms with Crippen molar-refractivity contribution in [2.24, 2.45) is 0 Å². The molecule has 1 aromatic heterocycles. The first-order chi connectivity index (χ1) is 5.81. The largest absolute Gasteiger partial charge is 0.249 e. The van der Waals surface area contributed by atoms with Crippen LogP contribution in [0.5, 0.6) is 0 Å². The van der Waals surface area contributed by atoms with Crippen LogP contribution in [-0.4, -0.2) is 14.8 Å². The van der Waals surface area contributed by atoms with Gasteiger partial charge in [0.2, 0.25) is 0 Å². The Morgan fingerprint density at radius 2 is 2.50 bits per heavy atom. The van der Waals surface area contributed by atoms with E-state index >= 15 is 0 Å². The zero-order valence-corrected chi connectivity index (χ0v) is 7.38. The SMILES string of the molecule is C=C(CC)c1nc2n(n1)CCC2. The summed E-state index contributed by atoms with van der Waals surface area (Å²) in [6.07, 6.45) is 3.20. The molecule has 0 saturated carbocycles. The van der Waals surface area contributed by atoms with Gasteiger partial charge in [-0.15, -0.1) is 0 Å². The van der Waals surface area contributed by atoms with Crippen LogP contribution in [0.4, 0.5) is 0 Å². The van der Waals surface area contributed by atoms with Crippen molar-refractivity contribution < 1.29 is 0 Å². The third kappa shape index (κ3) is 1.05. The van der Waals surface area contributed by atoms with Crippen LogP contribution in [-0.2, 0) is 13.0 Å². The number of hydrogen-bond donors (Lipinski definition) is 0. The van der Waals surface area contributed by atoms with E-state index in [0.717, 1.165) is 36.6 Å². The van der Waals surface area contributed by atoms with E-state index in [1.165, 1.54) is 6.42 Å². The Labute approximate surface area is 72.1 Å². The van der Waals surface area contributed by atoms with E-state index in [2.05, 4.69) is 23.6 Å². The van der Waals surface area contributed by atoms with Crippen molar-refractivity contribution in [1.29, 1.82) is 0 Å². The van der Waals surface area contributed by atoms with Crippen LogP contribution in [0.2, 0.25) is 0 Å². The van der Waals surface area contributed by atoms with E-state index in [4.69, 9.17) is 0 Å². The third-order valence-electron chi connectivity index (χ3n) is 2.26. The molecule has 0 radical (unpaired) electrons. The monoisotopic (exact) mass is 163 g/mol. The first kappa shape index (κ1) is 7.53. The first-order valence-corrected chi connectivity index (χ1v) is 4.43. The molecule has 1 aliphatic rings. The molecule has 0 spiro atoms. The maximum atomic E-state index is 4.41. The average Bonchev–Trinajstić information content (AvgIpc) is 2.60. The van der Waals surface area contributed by atoms with Gasteiger partial charge < -0.3 is 0 Å². The Morgan fingerprint density at radius 3 is 3.17 bits per heavy atom. The molecule has 2 rings (SSSR count). The van der Waals surface area contributed by atoms with E-state index in [1.54, 1.807) is 0 Å². The van der Waals surface area contributed by atoms with Crippen molar-refractivity contribution in [3.05, 3.63) is 18.2 Å². The smallest absolute Gasteiger partial charge is 0.176 e. The summed E-state index contributed by atoms with van der Waals surface area (Å²) in [5, 5.41) is 4.37. The highest BCUT2D eigenvalue weighted by molar-refractivity contribution is 5.56. The van der Waals surface area contributed by atoms with Gasteiger partial charge in [-0.1, -0.05) is 13.5 Å². The summed E-state index contributed by atoms with van der Waals surface area (Å²) < 4.78 is 2.00. The van der Waals surface area contributed by atoms with Crippen molar-refractivity contribution in [3.8, 4) is 0 Å². The van der Waals surface area contributed by atoms with E-state index in [1.807, 2.05) is 4.68 Å². The predicted molar refractivity (Wildman–Crippen MR) is 47.7 cm³/mol. The van der Waals surface area contributed by atoms with Crippen LogP contribution in [0.25, 0.3) is 5.57 Å². The van der Waals surface area contributed by atoms with E-state index < -0.39 is 0 Å². The highest BCUT2D eigenvalue weighted by Gasteiger charge is 2.15. The molecule has 0 aliphatic carbocycles. The Morgan fingerprint density at radius 1 is 1.67 bits per heavy atom. The fourth-order valence-electron chi connectivity index (χ4n) is 1.43. The third-order valence-corrected chi connectivity index (χ3v) is 2.26. The van der Waals surface area contributed by atoms with Gasteiger partial charge in [0.15, 0.2) is 5.82 Å². The second-order valence-electron chi connectivity index (χ2n) is 3.14. The molecule has 3 heteroatoms. The maximum Gasteiger partial charge on any atom is 0.176 e. The molecule has 0 bridgehead atoms. The minimum absolute atomic E-state index is 0.840. The van der Waals surface area contributed by atoms with Crippen molar-refractivity contribution in [3.63, 3.8) is 0 Å². The van der Waals surface area contributed by atoms with E-state index in [9.17, 15) is 0 Å². The van der Waals surface area contributed by atoms with Crippen molar-refractivity contribution in [1.82, 2.24) is 14.8 Å². The molecule has 64 valence electrons. The van der Waals surface area contributed by atoms with Crippen LogP contribution < -0.4 is 0 Å². The van der Waals surface area contributed by atoms with Gasteiger partial charge in [0, 0.05) is 13.0 Å². The number of nitrogens with zero attached hydrogens (tertiary/aromatic N) is 3. The molecule has 0 amide bonds. The molecule has 1 aromatic rings. The van der Waals surface area contributed by atoms with E-state index in [-0.39, 0.29) is 0 Å². The van der Waals surface area contributed by atoms with Gasteiger partial charge in [0.25, 0.3) is 0 Å². The summed E-state index contributed by atoms with van der Waals surface area (Å²) in [6, 6.07) is 0. The second kappa shape index (κ2) is 2.73. The lowest BCUT2D eigenvalue weighted by Gasteiger charge is -1.93. The zero-order chi connectivity index (χ0) is 8.55. The fraction of sp³-hybridized carbons (Fsp3) is 0.556. The van der Waals surface area contributed by atoms with Crippen LogP contribution in [0, 0.1) is 0 Å². The molecule has 0 saturated heterocycles. The molecule has 0 N–H and O–H groups in total. The molecular weight excluding hydrogens is 150 g/mol. The molecule has 1 aliphatic heterocycles. The van der Waals surface area contributed by atoms with Gasteiger partial charge in [-0.3, -0.25) is 0 Å². The van der Waals surface area contributed by atoms with Crippen molar-refractivity contribution in [2.75, 3.05) is 0 Å². The number of allylic oxidation sites excluding steroid dienone is 1. The minimum atomic E-state index is 0.840. The second-order valence-corrected chi connectivity index (χ2v) is 3.14. The van der Waals surface area contributed by atoms with Crippen LogP contribution in [0.1, 0.15) is 31.4 Å². The molecule has 3 nitrogen and oxygen atoms in total. The molecule has 0 aromatic carbocycles. The van der Waals surface area contributed by atoms with Gasteiger partial charge >= 0.3 is 0 Å². The van der Waals surface area contributed by atoms with Gasteiger partial charge in [-0.25, -0.2) is 9.67 Å². The highest BCUT2D eigenvalue weighted by Crippen LogP contribution is 2.16. The summed E-state index contributed by atoms with van der Waals surface area (Å²) in [7, 11) is 0. The standard InChI is InChI=1S/C9H13N3/c1-3-7(2)9-10-8-5-4-6-12(8)11-9/h2-6H2,1H3. The Hall–Kier alpha value is -1.12. The minimum Gasteiger partial charge on any atom is -0.249 e. The number of aryl methyl sites for hydroxylation is 2. The summed E-state index contributed by atoms with van der Waals surface area (Å²) in [5.74, 6) is 1.96. The van der Waals surface area contributed by atoms with E-state index in [0.29, 0.717) is 0 Å².